The molecule has 5 heteroatoms. The summed E-state index contributed by atoms with van der Waals surface area (Å²) < 4.78 is 2.94. The van der Waals surface area contributed by atoms with Crippen LogP contribution < -0.4 is 4.72 Å². The SMILES string of the molecule is CCCCCCSNC(=O)c1ccc(CSCc2ccc(-c3ccccc3)cn2)cc1. The van der Waals surface area contributed by atoms with Gasteiger partial charge in [-0.2, -0.15) is 11.8 Å². The lowest BCUT2D eigenvalue weighted by Gasteiger charge is -2.06. The van der Waals surface area contributed by atoms with Crippen LogP contribution >= 0.6 is 23.7 Å². The van der Waals surface area contributed by atoms with Crippen molar-refractivity contribution in [2.45, 2.75) is 44.1 Å². The molecular formula is C26H30N2OS2. The van der Waals surface area contributed by atoms with Gasteiger partial charge in [-0.1, -0.05) is 86.7 Å². The van der Waals surface area contributed by atoms with E-state index in [0.29, 0.717) is 5.56 Å². The number of carbonyl (C=O) groups is 1. The van der Waals surface area contributed by atoms with E-state index in [-0.39, 0.29) is 5.91 Å². The minimum Gasteiger partial charge on any atom is -0.296 e. The van der Waals surface area contributed by atoms with E-state index in [2.05, 4.69) is 40.9 Å². The van der Waals surface area contributed by atoms with E-state index in [1.165, 1.54) is 42.3 Å². The summed E-state index contributed by atoms with van der Waals surface area (Å²) in [4.78, 5) is 16.8. The first kappa shape index (κ1) is 23.4. The van der Waals surface area contributed by atoms with E-state index in [0.717, 1.165) is 34.9 Å². The Morgan fingerprint density at radius 1 is 0.871 bits per heavy atom. The summed E-state index contributed by atoms with van der Waals surface area (Å²) in [5.41, 5.74) is 5.34. The molecule has 3 aromatic rings. The first-order valence-corrected chi connectivity index (χ1v) is 13.0. The lowest BCUT2D eigenvalue weighted by Crippen LogP contribution is -2.16. The van der Waals surface area contributed by atoms with Gasteiger partial charge in [-0.3, -0.25) is 14.5 Å². The quantitative estimate of drug-likeness (QED) is 0.235. The molecule has 31 heavy (non-hydrogen) atoms. The molecule has 3 nitrogen and oxygen atoms in total. The van der Waals surface area contributed by atoms with Gasteiger partial charge < -0.3 is 0 Å². The monoisotopic (exact) mass is 450 g/mol. The molecule has 0 aliphatic rings. The Kier molecular flexibility index (Phi) is 10.00. The first-order chi connectivity index (χ1) is 15.3. The summed E-state index contributed by atoms with van der Waals surface area (Å²) in [5, 5.41) is 0. The van der Waals surface area contributed by atoms with Gasteiger partial charge in [-0.25, -0.2) is 0 Å². The van der Waals surface area contributed by atoms with Gasteiger partial charge in [0.15, 0.2) is 0 Å². The first-order valence-electron chi connectivity index (χ1n) is 10.9. The van der Waals surface area contributed by atoms with Crippen LogP contribution in [0.3, 0.4) is 0 Å². The van der Waals surface area contributed by atoms with Gasteiger partial charge in [0, 0.05) is 34.6 Å². The van der Waals surface area contributed by atoms with Gasteiger partial charge in [0.05, 0.1) is 5.69 Å². The Morgan fingerprint density at radius 3 is 2.39 bits per heavy atom. The highest BCUT2D eigenvalue weighted by Gasteiger charge is 2.06. The Morgan fingerprint density at radius 2 is 1.68 bits per heavy atom. The molecular weight excluding hydrogens is 420 g/mol. The third kappa shape index (κ3) is 8.08. The van der Waals surface area contributed by atoms with Gasteiger partial charge in [0.25, 0.3) is 5.91 Å². The highest BCUT2D eigenvalue weighted by atomic mass is 32.2. The lowest BCUT2D eigenvalue weighted by molar-refractivity contribution is 0.0984. The molecule has 0 unspecified atom stereocenters. The molecule has 0 radical (unpaired) electrons. The van der Waals surface area contributed by atoms with Crippen LogP contribution in [0.15, 0.2) is 72.9 Å². The second-order valence-corrected chi connectivity index (χ2v) is 9.32. The number of thioether (sulfide) groups is 1. The second-order valence-electron chi connectivity index (χ2n) is 7.43. The summed E-state index contributed by atoms with van der Waals surface area (Å²) in [5.74, 6) is 2.73. The number of carbonyl (C=O) groups excluding carboxylic acids is 1. The minimum absolute atomic E-state index is 0.0117. The molecule has 0 fully saturated rings. The number of benzene rings is 2. The Balaban J connectivity index is 1.38. The maximum Gasteiger partial charge on any atom is 0.261 e. The number of aromatic nitrogens is 1. The molecule has 0 saturated carbocycles. The normalized spacial score (nSPS) is 10.7. The van der Waals surface area contributed by atoms with Crippen LogP contribution in [0.5, 0.6) is 0 Å². The van der Waals surface area contributed by atoms with Crippen molar-refractivity contribution in [3.05, 3.63) is 89.7 Å². The predicted molar refractivity (Wildman–Crippen MR) is 135 cm³/mol. The van der Waals surface area contributed by atoms with Crippen LogP contribution in [-0.2, 0) is 11.5 Å². The van der Waals surface area contributed by atoms with E-state index >= 15 is 0 Å². The summed E-state index contributed by atoms with van der Waals surface area (Å²) in [7, 11) is 0. The van der Waals surface area contributed by atoms with Crippen molar-refractivity contribution in [3.8, 4) is 11.1 Å². The number of nitrogens with one attached hydrogen (secondary N) is 1. The molecule has 0 bridgehead atoms. The van der Waals surface area contributed by atoms with Crippen molar-refractivity contribution >= 4 is 29.6 Å². The van der Waals surface area contributed by atoms with Crippen LogP contribution in [0.25, 0.3) is 11.1 Å². The fraction of sp³-hybridized carbons (Fsp3) is 0.308. The van der Waals surface area contributed by atoms with Crippen molar-refractivity contribution < 1.29 is 4.79 Å². The summed E-state index contributed by atoms with van der Waals surface area (Å²) in [6, 6.07) is 22.4. The molecule has 3 rings (SSSR count). The Labute approximate surface area is 194 Å². The number of amides is 1. The molecule has 1 N–H and O–H groups in total. The number of hydrogen-bond donors (Lipinski definition) is 1. The third-order valence-corrected chi connectivity index (χ3v) is 6.79. The van der Waals surface area contributed by atoms with Crippen molar-refractivity contribution in [1.29, 1.82) is 0 Å². The highest BCUT2D eigenvalue weighted by molar-refractivity contribution is 7.98. The topological polar surface area (TPSA) is 42.0 Å². The Hall–Kier alpha value is -2.24. The van der Waals surface area contributed by atoms with Crippen molar-refractivity contribution in [2.24, 2.45) is 0 Å². The van der Waals surface area contributed by atoms with E-state index < -0.39 is 0 Å². The van der Waals surface area contributed by atoms with E-state index in [4.69, 9.17) is 0 Å². The lowest BCUT2D eigenvalue weighted by atomic mass is 10.1. The smallest absolute Gasteiger partial charge is 0.261 e. The predicted octanol–water partition coefficient (Wildman–Crippen LogP) is 7.14. The van der Waals surface area contributed by atoms with Gasteiger partial charge in [0.1, 0.15) is 0 Å². The molecule has 0 aliphatic carbocycles. The molecule has 0 atom stereocenters. The largest absolute Gasteiger partial charge is 0.296 e. The van der Waals surface area contributed by atoms with E-state index in [1.807, 2.05) is 60.4 Å². The van der Waals surface area contributed by atoms with Crippen molar-refractivity contribution in [2.75, 3.05) is 5.75 Å². The fourth-order valence-corrected chi connectivity index (χ4v) is 4.72. The summed E-state index contributed by atoms with van der Waals surface area (Å²) >= 11 is 3.34. The molecule has 1 aromatic heterocycles. The van der Waals surface area contributed by atoms with Crippen LogP contribution in [-0.4, -0.2) is 16.6 Å². The van der Waals surface area contributed by atoms with Crippen LogP contribution in [0, 0.1) is 0 Å². The molecule has 0 spiro atoms. The maximum atomic E-state index is 12.2. The zero-order valence-electron chi connectivity index (χ0n) is 18.0. The molecule has 2 aromatic carbocycles. The molecule has 0 aliphatic heterocycles. The zero-order chi connectivity index (χ0) is 21.7. The second kappa shape index (κ2) is 13.2. The number of hydrogen-bond acceptors (Lipinski definition) is 4. The van der Waals surface area contributed by atoms with E-state index in [1.54, 1.807) is 0 Å². The summed E-state index contributed by atoms with van der Waals surface area (Å²) in [6.45, 7) is 2.21. The average molecular weight is 451 g/mol. The average Bonchev–Trinajstić information content (AvgIpc) is 2.82. The van der Waals surface area contributed by atoms with Crippen LogP contribution in [0.2, 0.25) is 0 Å². The van der Waals surface area contributed by atoms with Gasteiger partial charge in [-0.05, 0) is 35.7 Å². The van der Waals surface area contributed by atoms with Gasteiger partial charge in [0.2, 0.25) is 0 Å². The maximum absolute atomic E-state index is 12.2. The van der Waals surface area contributed by atoms with E-state index in [9.17, 15) is 4.79 Å². The van der Waals surface area contributed by atoms with Crippen LogP contribution in [0.4, 0.5) is 0 Å². The zero-order valence-corrected chi connectivity index (χ0v) is 19.7. The van der Waals surface area contributed by atoms with Gasteiger partial charge in [-0.15, -0.1) is 0 Å². The Bertz CT molecular complexity index is 912. The fourth-order valence-electron chi connectivity index (χ4n) is 3.11. The number of unbranched alkanes of at least 4 members (excludes halogenated alkanes) is 3. The molecule has 162 valence electrons. The minimum atomic E-state index is -0.0117. The molecule has 1 amide bonds. The highest BCUT2D eigenvalue weighted by Crippen LogP contribution is 2.21. The number of rotatable bonds is 12. The standard InChI is InChI=1S/C26H30N2OS2/c1-2-3-4-8-17-31-28-26(29)23-13-11-21(12-14-23)19-30-20-25-16-15-24(18-27-25)22-9-6-5-7-10-22/h5-7,9-16,18H,2-4,8,17,19-20H2,1H3,(H,28,29). The van der Waals surface area contributed by atoms with Crippen molar-refractivity contribution in [3.63, 3.8) is 0 Å². The number of pyridine rings is 1. The number of nitrogens with zero attached hydrogens (tertiary/aromatic N) is 1. The molecule has 0 saturated heterocycles. The summed E-state index contributed by atoms with van der Waals surface area (Å²) in [6.07, 6.45) is 6.83. The van der Waals surface area contributed by atoms with Gasteiger partial charge >= 0.3 is 0 Å². The van der Waals surface area contributed by atoms with Crippen LogP contribution in [0.1, 0.15) is 54.2 Å². The third-order valence-electron chi connectivity index (χ3n) is 4.93. The molecule has 1 heterocycles. The van der Waals surface area contributed by atoms with Crippen molar-refractivity contribution in [1.82, 2.24) is 9.71 Å².